The number of hydrogen-bond donors (Lipinski definition) is 2. The Balaban J connectivity index is 3.03. The smallest absolute Gasteiger partial charge is 0.249 e. The molecule has 0 aromatic carbocycles. The van der Waals surface area contributed by atoms with Crippen LogP contribution in [0.5, 0.6) is 0 Å². The number of imide groups is 1. The predicted octanol–water partition coefficient (Wildman–Crippen LogP) is 4.03. The molecule has 0 aromatic rings. The van der Waals surface area contributed by atoms with Gasteiger partial charge in [0.25, 0.3) is 0 Å². The molecule has 0 saturated carbocycles. The maximum absolute atomic E-state index is 12.6. The highest BCUT2D eigenvalue weighted by molar-refractivity contribution is 6.00. The van der Waals surface area contributed by atoms with Crippen LogP contribution in [0.1, 0.15) is 53.9 Å². The second-order valence-electron chi connectivity index (χ2n) is 8.09. The van der Waals surface area contributed by atoms with Gasteiger partial charge in [-0.2, -0.15) is 0 Å². The minimum absolute atomic E-state index is 0.152. The lowest BCUT2D eigenvalue weighted by molar-refractivity contribution is -0.140. The van der Waals surface area contributed by atoms with Crippen LogP contribution in [-0.4, -0.2) is 17.9 Å². The molecule has 0 aromatic heterocycles. The molecule has 1 rings (SSSR count). The van der Waals surface area contributed by atoms with Gasteiger partial charge in [-0.05, 0) is 30.3 Å². The Morgan fingerprint density at radius 2 is 1.96 bits per heavy atom. The minimum atomic E-state index is -0.568. The van der Waals surface area contributed by atoms with Gasteiger partial charge < -0.3 is 5.32 Å². The summed E-state index contributed by atoms with van der Waals surface area (Å²) in [4.78, 5) is 25.0. The first kappa shape index (κ1) is 20.9. The molecule has 138 valence electrons. The average molecular weight is 344 g/mol. The third-order valence-corrected chi connectivity index (χ3v) is 4.38. The molecule has 1 fully saturated rings. The lowest BCUT2D eigenvalue weighted by atomic mass is 9.70. The summed E-state index contributed by atoms with van der Waals surface area (Å²) < 4.78 is 0. The monoisotopic (exact) mass is 344 g/mol. The third kappa shape index (κ3) is 6.04. The van der Waals surface area contributed by atoms with Gasteiger partial charge in [-0.3, -0.25) is 14.9 Å². The maximum atomic E-state index is 12.6. The molecule has 1 saturated heterocycles. The molecule has 1 aliphatic heterocycles. The van der Waals surface area contributed by atoms with Crippen molar-refractivity contribution in [2.75, 3.05) is 0 Å². The molecule has 25 heavy (non-hydrogen) atoms. The Bertz CT molecular complexity index is 609. The maximum Gasteiger partial charge on any atom is 0.249 e. The largest absolute Gasteiger partial charge is 0.374 e. The van der Waals surface area contributed by atoms with E-state index in [1.807, 2.05) is 39.0 Å². The highest BCUT2D eigenvalue weighted by Crippen LogP contribution is 2.38. The van der Waals surface area contributed by atoms with E-state index in [4.69, 9.17) is 0 Å². The Morgan fingerprint density at radius 3 is 2.52 bits per heavy atom. The van der Waals surface area contributed by atoms with Gasteiger partial charge in [-0.15, -0.1) is 0 Å². The molecule has 1 atom stereocenters. The highest BCUT2D eigenvalue weighted by Gasteiger charge is 2.41. The van der Waals surface area contributed by atoms with Crippen molar-refractivity contribution in [1.82, 2.24) is 10.6 Å². The molecule has 0 bridgehead atoms. The van der Waals surface area contributed by atoms with Crippen molar-refractivity contribution in [2.24, 2.45) is 10.8 Å². The molecule has 1 aliphatic rings. The molecular weight excluding hydrogens is 312 g/mol. The van der Waals surface area contributed by atoms with Crippen LogP contribution >= 0.6 is 0 Å². The number of hydrogen-bond acceptors (Lipinski definition) is 3. The Morgan fingerprint density at radius 1 is 1.32 bits per heavy atom. The lowest BCUT2D eigenvalue weighted by Gasteiger charge is -2.39. The molecule has 4 heteroatoms. The van der Waals surface area contributed by atoms with Crippen LogP contribution in [0.25, 0.3) is 0 Å². The summed E-state index contributed by atoms with van der Waals surface area (Å²) in [6, 6.07) is -0.500. The average Bonchev–Trinajstić information content (AvgIpc) is 2.48. The Hall–Kier alpha value is -2.10. The number of allylic oxidation sites excluding steroid dienone is 4. The zero-order chi connectivity index (χ0) is 19.3. The molecule has 0 aliphatic carbocycles. The van der Waals surface area contributed by atoms with Gasteiger partial charge in [-0.25, -0.2) is 0 Å². The van der Waals surface area contributed by atoms with Crippen molar-refractivity contribution >= 4 is 11.8 Å². The molecular formula is C21H32N2O2. The van der Waals surface area contributed by atoms with E-state index in [1.165, 1.54) is 0 Å². The molecule has 2 N–H and O–H groups in total. The van der Waals surface area contributed by atoms with Gasteiger partial charge in [0.1, 0.15) is 6.04 Å². The first-order chi connectivity index (χ1) is 11.5. The quantitative estimate of drug-likeness (QED) is 0.565. The molecule has 2 amide bonds. The zero-order valence-electron chi connectivity index (χ0n) is 16.2. The fourth-order valence-electron chi connectivity index (χ4n) is 3.46. The van der Waals surface area contributed by atoms with Crippen molar-refractivity contribution in [3.05, 3.63) is 48.7 Å². The van der Waals surface area contributed by atoms with Crippen LogP contribution in [0, 0.1) is 10.8 Å². The molecule has 4 nitrogen and oxygen atoms in total. The number of carbonyl (C=O) groups is 2. The number of nitrogens with one attached hydrogen (secondary N) is 2. The summed E-state index contributed by atoms with van der Waals surface area (Å²) >= 11 is 0. The topological polar surface area (TPSA) is 58.2 Å². The molecule has 0 radical (unpaired) electrons. The van der Waals surface area contributed by atoms with E-state index in [0.29, 0.717) is 18.5 Å². The van der Waals surface area contributed by atoms with Crippen LogP contribution in [0.2, 0.25) is 0 Å². The van der Waals surface area contributed by atoms with Crippen LogP contribution in [-0.2, 0) is 9.59 Å². The highest BCUT2D eigenvalue weighted by atomic mass is 16.2. The minimum Gasteiger partial charge on any atom is -0.374 e. The number of rotatable bonds is 6. The first-order valence-electron chi connectivity index (χ1n) is 8.83. The normalized spacial score (nSPS) is 23.6. The summed E-state index contributed by atoms with van der Waals surface area (Å²) in [7, 11) is 0. The van der Waals surface area contributed by atoms with Gasteiger partial charge in [0.2, 0.25) is 11.8 Å². The van der Waals surface area contributed by atoms with E-state index < -0.39 is 11.5 Å². The van der Waals surface area contributed by atoms with Crippen molar-refractivity contribution in [3.8, 4) is 0 Å². The van der Waals surface area contributed by atoms with Crippen molar-refractivity contribution in [3.63, 3.8) is 0 Å². The summed E-state index contributed by atoms with van der Waals surface area (Å²) in [5, 5.41) is 5.77. The zero-order valence-corrected chi connectivity index (χ0v) is 16.2. The van der Waals surface area contributed by atoms with E-state index in [1.54, 1.807) is 6.08 Å². The van der Waals surface area contributed by atoms with Gasteiger partial charge in [0.15, 0.2) is 0 Å². The summed E-state index contributed by atoms with van der Waals surface area (Å²) in [6.45, 7) is 17.7. The van der Waals surface area contributed by atoms with Crippen LogP contribution in [0.3, 0.4) is 0 Å². The van der Waals surface area contributed by atoms with Crippen molar-refractivity contribution in [2.45, 2.75) is 59.9 Å². The van der Waals surface area contributed by atoms with Gasteiger partial charge in [0, 0.05) is 11.1 Å². The fraction of sp³-hybridized carbons (Fsp3) is 0.524. The summed E-state index contributed by atoms with van der Waals surface area (Å²) in [5.41, 5.74) is 0.867. The Kier molecular flexibility index (Phi) is 6.97. The summed E-state index contributed by atoms with van der Waals surface area (Å²) in [5.74, 6) is -0.519. The first-order valence-corrected chi connectivity index (χ1v) is 8.83. The number of amides is 2. The predicted molar refractivity (Wildman–Crippen MR) is 104 cm³/mol. The van der Waals surface area contributed by atoms with Crippen LogP contribution in [0.4, 0.5) is 0 Å². The summed E-state index contributed by atoms with van der Waals surface area (Å²) in [6.07, 6.45) is 9.66. The van der Waals surface area contributed by atoms with Crippen LogP contribution in [0.15, 0.2) is 48.7 Å². The third-order valence-electron chi connectivity index (χ3n) is 4.38. The van der Waals surface area contributed by atoms with E-state index in [2.05, 4.69) is 37.6 Å². The Labute approximate surface area is 152 Å². The van der Waals surface area contributed by atoms with E-state index in [9.17, 15) is 9.59 Å². The lowest BCUT2D eigenvalue weighted by Crippen LogP contribution is -2.54. The van der Waals surface area contributed by atoms with E-state index in [-0.39, 0.29) is 17.2 Å². The van der Waals surface area contributed by atoms with Gasteiger partial charge >= 0.3 is 0 Å². The SMILES string of the molecule is C=C/C=C\C(=CCC)C(=C)NC1CC(C)(C)CC(C)(C)C(=O)NC1=O. The molecule has 1 unspecified atom stereocenters. The molecule has 0 spiro atoms. The molecule has 1 heterocycles. The van der Waals surface area contributed by atoms with Crippen LogP contribution < -0.4 is 10.6 Å². The second-order valence-corrected chi connectivity index (χ2v) is 8.09. The van der Waals surface area contributed by atoms with E-state index >= 15 is 0 Å². The van der Waals surface area contributed by atoms with Gasteiger partial charge in [0.05, 0.1) is 0 Å². The van der Waals surface area contributed by atoms with E-state index in [0.717, 1.165) is 12.0 Å². The number of carbonyl (C=O) groups excluding carboxylic acids is 2. The van der Waals surface area contributed by atoms with Gasteiger partial charge in [-0.1, -0.05) is 72.1 Å². The fourth-order valence-corrected chi connectivity index (χ4v) is 3.46. The second kappa shape index (κ2) is 8.32. The van der Waals surface area contributed by atoms with Crippen molar-refractivity contribution in [1.29, 1.82) is 0 Å². The van der Waals surface area contributed by atoms with Crippen molar-refractivity contribution < 1.29 is 9.59 Å². The standard InChI is InChI=1S/C21H32N2O2/c1-8-10-12-16(11-9-2)15(3)22-17-13-20(4,5)14-21(6,7)19(25)23-18(17)24/h8,10-12,17,22H,1,3,9,13-14H2,2,4-7H3,(H,23,24,25)/b12-10-,16-11?.